The fourth-order valence-corrected chi connectivity index (χ4v) is 5.28. The molecule has 0 atom stereocenters. The van der Waals surface area contributed by atoms with E-state index in [0.717, 1.165) is 54.8 Å². The van der Waals surface area contributed by atoms with Crippen LogP contribution < -0.4 is 0 Å². The minimum absolute atomic E-state index is 0.711. The zero-order chi connectivity index (χ0) is 25.5. The lowest BCUT2D eigenvalue weighted by molar-refractivity contribution is 1.13. The van der Waals surface area contributed by atoms with E-state index >= 15 is 0 Å². The summed E-state index contributed by atoms with van der Waals surface area (Å²) in [4.78, 5) is 14.6. The van der Waals surface area contributed by atoms with Crippen LogP contribution in [-0.2, 0) is 0 Å². The smallest absolute Gasteiger partial charge is 0.160 e. The number of fused-ring (bicyclic) bond motifs is 3. The highest BCUT2D eigenvalue weighted by atomic mass is 79.9. The largest absolute Gasteiger partial charge is 0.294 e. The van der Waals surface area contributed by atoms with Crippen molar-refractivity contribution < 1.29 is 0 Å². The zero-order valence-electron chi connectivity index (χ0n) is 20.3. The third kappa shape index (κ3) is 3.98. The molecular formula is C33H21BrN4. The van der Waals surface area contributed by atoms with Crippen LogP contribution in [0.5, 0.6) is 0 Å². The Hall–Kier alpha value is -4.61. The molecular weight excluding hydrogens is 532 g/mol. The molecule has 0 N–H and O–H groups in total. The van der Waals surface area contributed by atoms with Crippen molar-refractivity contribution in [2.75, 3.05) is 0 Å². The van der Waals surface area contributed by atoms with Crippen molar-refractivity contribution in [3.63, 3.8) is 0 Å². The summed E-state index contributed by atoms with van der Waals surface area (Å²) in [6, 6.07) is 41.4. The van der Waals surface area contributed by atoms with E-state index in [0.29, 0.717) is 5.82 Å². The van der Waals surface area contributed by atoms with E-state index in [4.69, 9.17) is 15.0 Å². The molecule has 38 heavy (non-hydrogen) atoms. The van der Waals surface area contributed by atoms with Gasteiger partial charge in [0.05, 0.1) is 16.9 Å². The third-order valence-electron chi connectivity index (χ3n) is 6.74. The SMILES string of the molecule is Brc1ccc2c3cccnc3n(-c3ccc(-c4cc(-c5ccccc5)nc(-c5ccccc5)n4)cc3)c2c1. The van der Waals surface area contributed by atoms with Gasteiger partial charge in [-0.15, -0.1) is 0 Å². The van der Waals surface area contributed by atoms with Gasteiger partial charge in [-0.05, 0) is 42.5 Å². The molecule has 180 valence electrons. The van der Waals surface area contributed by atoms with Crippen LogP contribution in [0.1, 0.15) is 0 Å². The molecule has 5 heteroatoms. The van der Waals surface area contributed by atoms with Gasteiger partial charge >= 0.3 is 0 Å². The fraction of sp³-hybridized carbons (Fsp3) is 0. The van der Waals surface area contributed by atoms with Crippen molar-refractivity contribution >= 4 is 37.9 Å². The molecule has 0 amide bonds. The van der Waals surface area contributed by atoms with E-state index < -0.39 is 0 Å². The van der Waals surface area contributed by atoms with E-state index in [1.54, 1.807) is 0 Å². The van der Waals surface area contributed by atoms with Crippen LogP contribution in [0.15, 0.2) is 132 Å². The van der Waals surface area contributed by atoms with Gasteiger partial charge in [0.2, 0.25) is 0 Å². The van der Waals surface area contributed by atoms with E-state index in [-0.39, 0.29) is 0 Å². The first-order chi connectivity index (χ1) is 18.7. The number of nitrogens with zero attached hydrogens (tertiary/aromatic N) is 4. The van der Waals surface area contributed by atoms with Crippen LogP contribution >= 0.6 is 15.9 Å². The predicted molar refractivity (Wildman–Crippen MR) is 158 cm³/mol. The third-order valence-corrected chi connectivity index (χ3v) is 7.23. The van der Waals surface area contributed by atoms with Crippen molar-refractivity contribution in [1.29, 1.82) is 0 Å². The van der Waals surface area contributed by atoms with Crippen LogP contribution in [0.4, 0.5) is 0 Å². The lowest BCUT2D eigenvalue weighted by Gasteiger charge is -2.11. The summed E-state index contributed by atoms with van der Waals surface area (Å²) in [5, 5.41) is 2.31. The topological polar surface area (TPSA) is 43.6 Å². The number of benzene rings is 4. The first-order valence-corrected chi connectivity index (χ1v) is 13.2. The summed E-state index contributed by atoms with van der Waals surface area (Å²) in [6.45, 7) is 0. The highest BCUT2D eigenvalue weighted by Gasteiger charge is 2.15. The molecule has 0 fully saturated rings. The molecule has 0 unspecified atom stereocenters. The number of rotatable bonds is 4. The highest BCUT2D eigenvalue weighted by Crippen LogP contribution is 2.34. The highest BCUT2D eigenvalue weighted by molar-refractivity contribution is 9.10. The Balaban J connectivity index is 1.37. The van der Waals surface area contributed by atoms with E-state index in [1.165, 1.54) is 5.39 Å². The lowest BCUT2D eigenvalue weighted by Crippen LogP contribution is -1.97. The Morgan fingerprint density at radius 3 is 1.92 bits per heavy atom. The average molecular weight is 553 g/mol. The molecule has 0 spiro atoms. The van der Waals surface area contributed by atoms with E-state index in [9.17, 15) is 0 Å². The molecule has 7 rings (SSSR count). The van der Waals surface area contributed by atoms with Crippen molar-refractivity contribution in [3.05, 3.63) is 132 Å². The van der Waals surface area contributed by atoms with Gasteiger partial charge in [-0.1, -0.05) is 94.8 Å². The van der Waals surface area contributed by atoms with Crippen molar-refractivity contribution in [2.45, 2.75) is 0 Å². The molecule has 0 bridgehead atoms. The minimum Gasteiger partial charge on any atom is -0.294 e. The molecule has 0 aliphatic heterocycles. The average Bonchev–Trinajstić information content (AvgIpc) is 3.31. The summed E-state index contributed by atoms with van der Waals surface area (Å²) >= 11 is 3.64. The van der Waals surface area contributed by atoms with Crippen LogP contribution in [-0.4, -0.2) is 19.5 Å². The Morgan fingerprint density at radius 2 is 1.21 bits per heavy atom. The molecule has 0 radical (unpaired) electrons. The molecule has 3 aromatic heterocycles. The van der Waals surface area contributed by atoms with Crippen LogP contribution in [0.25, 0.3) is 61.5 Å². The summed E-state index contributed by atoms with van der Waals surface area (Å²) in [5.41, 5.74) is 7.96. The van der Waals surface area contributed by atoms with Gasteiger partial charge in [-0.25, -0.2) is 15.0 Å². The van der Waals surface area contributed by atoms with Gasteiger partial charge in [0.25, 0.3) is 0 Å². The summed E-state index contributed by atoms with van der Waals surface area (Å²) < 4.78 is 3.25. The number of aromatic nitrogens is 4. The van der Waals surface area contributed by atoms with Gasteiger partial charge < -0.3 is 0 Å². The minimum atomic E-state index is 0.711. The normalized spacial score (nSPS) is 11.3. The summed E-state index contributed by atoms with van der Waals surface area (Å²) in [5.74, 6) is 0.711. The number of halogens is 1. The van der Waals surface area contributed by atoms with Gasteiger partial charge in [-0.2, -0.15) is 0 Å². The molecule has 4 nitrogen and oxygen atoms in total. The van der Waals surface area contributed by atoms with Gasteiger partial charge in [0.1, 0.15) is 5.65 Å². The fourth-order valence-electron chi connectivity index (χ4n) is 4.93. The first-order valence-electron chi connectivity index (χ1n) is 12.4. The van der Waals surface area contributed by atoms with Gasteiger partial charge in [0, 0.05) is 43.8 Å². The second-order valence-corrected chi connectivity index (χ2v) is 10.0. The Bertz CT molecular complexity index is 1850. The van der Waals surface area contributed by atoms with E-state index in [2.05, 4.69) is 87.2 Å². The molecule has 7 aromatic rings. The Kier molecular flexibility index (Phi) is 5.56. The molecule has 4 aromatic carbocycles. The lowest BCUT2D eigenvalue weighted by atomic mass is 10.1. The molecule has 0 saturated heterocycles. The quantitative estimate of drug-likeness (QED) is 0.219. The Morgan fingerprint density at radius 1 is 0.553 bits per heavy atom. The second kappa shape index (κ2) is 9.36. The van der Waals surface area contributed by atoms with Crippen molar-refractivity contribution in [3.8, 4) is 39.6 Å². The number of pyridine rings is 1. The second-order valence-electron chi connectivity index (χ2n) is 9.11. The molecule has 0 saturated carbocycles. The van der Waals surface area contributed by atoms with Crippen molar-refractivity contribution in [1.82, 2.24) is 19.5 Å². The van der Waals surface area contributed by atoms with Crippen LogP contribution in [0.2, 0.25) is 0 Å². The first kappa shape index (κ1) is 22.6. The molecule has 0 aliphatic carbocycles. The van der Waals surface area contributed by atoms with E-state index in [1.807, 2.05) is 60.8 Å². The summed E-state index contributed by atoms with van der Waals surface area (Å²) in [6.07, 6.45) is 1.85. The maximum absolute atomic E-state index is 4.97. The standard InChI is InChI=1S/C33H21BrN4/c34-25-15-18-27-28-12-7-19-35-33(28)38(31(27)20-25)26-16-13-23(14-17-26)30-21-29(22-8-3-1-4-9-22)36-32(37-30)24-10-5-2-6-11-24/h1-21H. The Labute approximate surface area is 228 Å². The van der Waals surface area contributed by atoms with Crippen LogP contribution in [0.3, 0.4) is 0 Å². The van der Waals surface area contributed by atoms with Crippen molar-refractivity contribution in [2.24, 2.45) is 0 Å². The maximum atomic E-state index is 4.97. The molecule has 0 aliphatic rings. The monoisotopic (exact) mass is 552 g/mol. The number of hydrogen-bond acceptors (Lipinski definition) is 3. The summed E-state index contributed by atoms with van der Waals surface area (Å²) in [7, 11) is 0. The van der Waals surface area contributed by atoms with Crippen LogP contribution in [0, 0.1) is 0 Å². The molecule has 3 heterocycles. The maximum Gasteiger partial charge on any atom is 0.160 e. The van der Waals surface area contributed by atoms with Gasteiger partial charge in [0.15, 0.2) is 5.82 Å². The predicted octanol–water partition coefficient (Wildman–Crippen LogP) is 8.73. The zero-order valence-corrected chi connectivity index (χ0v) is 21.9. The number of hydrogen-bond donors (Lipinski definition) is 0. The van der Waals surface area contributed by atoms with Gasteiger partial charge in [-0.3, -0.25) is 4.57 Å².